The molecular formula is C19H20Cl2N2O2. The fourth-order valence-corrected chi connectivity index (χ4v) is 2.81. The first-order chi connectivity index (χ1) is 12.0. The van der Waals surface area contributed by atoms with Crippen molar-refractivity contribution in [3.8, 4) is 0 Å². The summed E-state index contributed by atoms with van der Waals surface area (Å²) in [7, 11) is 0. The van der Waals surface area contributed by atoms with Gasteiger partial charge in [0.25, 0.3) is 11.8 Å². The van der Waals surface area contributed by atoms with E-state index in [1.165, 1.54) is 0 Å². The van der Waals surface area contributed by atoms with Crippen molar-refractivity contribution >= 4 is 40.7 Å². The summed E-state index contributed by atoms with van der Waals surface area (Å²) in [5.41, 5.74) is 1.48. The van der Waals surface area contributed by atoms with E-state index in [-0.39, 0.29) is 11.8 Å². The maximum Gasteiger partial charge on any atom is 0.255 e. The Kier molecular flexibility index (Phi) is 7.29. The molecule has 0 unspecified atom stereocenters. The van der Waals surface area contributed by atoms with E-state index in [0.29, 0.717) is 33.4 Å². The fraction of sp³-hybridized carbons (Fsp3) is 0.263. The predicted molar refractivity (Wildman–Crippen MR) is 103 cm³/mol. The quantitative estimate of drug-likeness (QED) is 0.653. The molecule has 0 saturated carbocycles. The van der Waals surface area contributed by atoms with Gasteiger partial charge in [-0.2, -0.15) is 0 Å². The summed E-state index contributed by atoms with van der Waals surface area (Å²) in [6, 6.07) is 11.3. The highest BCUT2D eigenvalue weighted by molar-refractivity contribution is 6.35. The average molecular weight is 379 g/mol. The molecule has 4 nitrogen and oxygen atoms in total. The normalized spacial score (nSPS) is 10.4. The molecule has 0 fully saturated rings. The van der Waals surface area contributed by atoms with Crippen LogP contribution in [0.25, 0.3) is 0 Å². The van der Waals surface area contributed by atoms with Gasteiger partial charge in [-0.1, -0.05) is 43.0 Å². The minimum atomic E-state index is -0.298. The Bertz CT molecular complexity index is 725. The molecule has 2 aromatic carbocycles. The van der Waals surface area contributed by atoms with E-state index < -0.39 is 0 Å². The van der Waals surface area contributed by atoms with E-state index in [1.54, 1.807) is 42.5 Å². The SMILES string of the molecule is CCCCCNC(=O)c1ccc(C(=O)Nc2cc(Cl)cc(Cl)c2)cc1. The number of carbonyl (C=O) groups is 2. The second-order valence-electron chi connectivity index (χ2n) is 5.65. The van der Waals surface area contributed by atoms with Crippen LogP contribution in [0.3, 0.4) is 0 Å². The van der Waals surface area contributed by atoms with Crippen LogP contribution in [0.1, 0.15) is 46.9 Å². The van der Waals surface area contributed by atoms with E-state index in [1.807, 2.05) is 0 Å². The zero-order valence-corrected chi connectivity index (χ0v) is 15.5. The molecule has 0 aliphatic carbocycles. The Morgan fingerprint density at radius 3 is 2.00 bits per heavy atom. The van der Waals surface area contributed by atoms with Crippen LogP contribution in [0, 0.1) is 0 Å². The molecule has 0 bridgehead atoms. The van der Waals surface area contributed by atoms with Crippen molar-refractivity contribution < 1.29 is 9.59 Å². The summed E-state index contributed by atoms with van der Waals surface area (Å²) < 4.78 is 0. The molecule has 0 atom stereocenters. The third-order valence-corrected chi connectivity index (χ3v) is 4.03. The number of hydrogen-bond acceptors (Lipinski definition) is 2. The zero-order valence-electron chi connectivity index (χ0n) is 13.9. The predicted octanol–water partition coefficient (Wildman–Crippen LogP) is 5.17. The second-order valence-corrected chi connectivity index (χ2v) is 6.53. The molecule has 2 amide bonds. The Hall–Kier alpha value is -2.04. The summed E-state index contributed by atoms with van der Waals surface area (Å²) in [6.45, 7) is 2.77. The van der Waals surface area contributed by atoms with E-state index in [0.717, 1.165) is 19.3 Å². The first kappa shape index (κ1) is 19.3. The zero-order chi connectivity index (χ0) is 18.2. The molecule has 6 heteroatoms. The van der Waals surface area contributed by atoms with Crippen LogP contribution in [0.15, 0.2) is 42.5 Å². The molecule has 0 aliphatic heterocycles. The lowest BCUT2D eigenvalue weighted by atomic mass is 10.1. The Labute approximate surface area is 157 Å². The van der Waals surface area contributed by atoms with Crippen molar-refractivity contribution in [2.24, 2.45) is 0 Å². The van der Waals surface area contributed by atoms with Crippen molar-refractivity contribution in [1.29, 1.82) is 0 Å². The number of carbonyl (C=O) groups excluding carboxylic acids is 2. The van der Waals surface area contributed by atoms with Crippen LogP contribution < -0.4 is 10.6 Å². The van der Waals surface area contributed by atoms with Gasteiger partial charge in [-0.15, -0.1) is 0 Å². The molecule has 0 spiro atoms. The molecule has 0 heterocycles. The second kappa shape index (κ2) is 9.44. The van der Waals surface area contributed by atoms with Crippen LogP contribution in [0.2, 0.25) is 10.0 Å². The first-order valence-corrected chi connectivity index (χ1v) is 8.91. The average Bonchev–Trinajstić information content (AvgIpc) is 2.57. The van der Waals surface area contributed by atoms with Gasteiger partial charge in [-0.05, 0) is 48.9 Å². The van der Waals surface area contributed by atoms with E-state index in [4.69, 9.17) is 23.2 Å². The maximum absolute atomic E-state index is 12.3. The van der Waals surface area contributed by atoms with E-state index in [9.17, 15) is 9.59 Å². The van der Waals surface area contributed by atoms with Gasteiger partial charge in [-0.25, -0.2) is 0 Å². The standard InChI is InChI=1S/C19H20Cl2N2O2/c1-2-3-4-9-22-18(24)13-5-7-14(8-6-13)19(25)23-17-11-15(20)10-16(21)12-17/h5-8,10-12H,2-4,9H2,1H3,(H,22,24)(H,23,25). The van der Waals surface area contributed by atoms with Gasteiger partial charge in [0.2, 0.25) is 0 Å². The Morgan fingerprint density at radius 1 is 0.880 bits per heavy atom. The fourth-order valence-electron chi connectivity index (χ4n) is 2.28. The van der Waals surface area contributed by atoms with Crippen molar-refractivity contribution in [1.82, 2.24) is 5.32 Å². The van der Waals surface area contributed by atoms with Crippen LogP contribution in [-0.4, -0.2) is 18.4 Å². The number of hydrogen-bond donors (Lipinski definition) is 2. The van der Waals surface area contributed by atoms with Crippen LogP contribution in [0.5, 0.6) is 0 Å². The number of amides is 2. The van der Waals surface area contributed by atoms with Crippen molar-refractivity contribution in [3.05, 3.63) is 63.6 Å². The highest BCUT2D eigenvalue weighted by Gasteiger charge is 2.10. The molecule has 0 saturated heterocycles. The van der Waals surface area contributed by atoms with E-state index in [2.05, 4.69) is 17.6 Å². The number of anilines is 1. The highest BCUT2D eigenvalue weighted by atomic mass is 35.5. The van der Waals surface area contributed by atoms with Gasteiger partial charge >= 0.3 is 0 Å². The van der Waals surface area contributed by atoms with Gasteiger partial charge in [-0.3, -0.25) is 9.59 Å². The number of halogens is 2. The molecule has 2 N–H and O–H groups in total. The Balaban J connectivity index is 1.96. The van der Waals surface area contributed by atoms with Gasteiger partial charge in [0.05, 0.1) is 0 Å². The maximum atomic E-state index is 12.3. The molecule has 2 aromatic rings. The summed E-state index contributed by atoms with van der Waals surface area (Å²) in [5.74, 6) is -0.432. The molecule has 2 rings (SSSR count). The minimum absolute atomic E-state index is 0.135. The van der Waals surface area contributed by atoms with Gasteiger partial charge < -0.3 is 10.6 Å². The lowest BCUT2D eigenvalue weighted by molar-refractivity contribution is 0.0951. The highest BCUT2D eigenvalue weighted by Crippen LogP contribution is 2.23. The third-order valence-electron chi connectivity index (χ3n) is 3.60. The van der Waals surface area contributed by atoms with Crippen LogP contribution >= 0.6 is 23.2 Å². The molecular weight excluding hydrogens is 359 g/mol. The van der Waals surface area contributed by atoms with E-state index >= 15 is 0 Å². The smallest absolute Gasteiger partial charge is 0.255 e. The molecule has 0 aromatic heterocycles. The van der Waals surface area contributed by atoms with Gasteiger partial charge in [0.1, 0.15) is 0 Å². The number of rotatable bonds is 7. The van der Waals surface area contributed by atoms with Gasteiger partial charge in [0.15, 0.2) is 0 Å². The lowest BCUT2D eigenvalue weighted by Gasteiger charge is -2.08. The molecule has 0 aliphatic rings. The summed E-state index contributed by atoms with van der Waals surface area (Å²) >= 11 is 11.8. The minimum Gasteiger partial charge on any atom is -0.352 e. The number of benzene rings is 2. The van der Waals surface area contributed by atoms with Crippen LogP contribution in [0.4, 0.5) is 5.69 Å². The molecule has 25 heavy (non-hydrogen) atoms. The topological polar surface area (TPSA) is 58.2 Å². The first-order valence-electron chi connectivity index (χ1n) is 8.15. The number of unbranched alkanes of at least 4 members (excludes halogenated alkanes) is 2. The van der Waals surface area contributed by atoms with Crippen molar-refractivity contribution in [2.45, 2.75) is 26.2 Å². The summed E-state index contributed by atoms with van der Waals surface area (Å²) in [6.07, 6.45) is 3.16. The third kappa shape index (κ3) is 6.07. The Morgan fingerprint density at radius 2 is 1.44 bits per heavy atom. The summed E-state index contributed by atoms with van der Waals surface area (Å²) in [5, 5.41) is 6.48. The summed E-state index contributed by atoms with van der Waals surface area (Å²) in [4.78, 5) is 24.3. The lowest BCUT2D eigenvalue weighted by Crippen LogP contribution is -2.24. The largest absolute Gasteiger partial charge is 0.352 e. The van der Waals surface area contributed by atoms with Crippen LogP contribution in [-0.2, 0) is 0 Å². The van der Waals surface area contributed by atoms with Crippen molar-refractivity contribution in [2.75, 3.05) is 11.9 Å². The van der Waals surface area contributed by atoms with Crippen molar-refractivity contribution in [3.63, 3.8) is 0 Å². The molecule has 0 radical (unpaired) electrons. The number of nitrogens with one attached hydrogen (secondary N) is 2. The molecule has 132 valence electrons. The monoisotopic (exact) mass is 378 g/mol. The van der Waals surface area contributed by atoms with Gasteiger partial charge in [0, 0.05) is 33.4 Å².